The summed E-state index contributed by atoms with van der Waals surface area (Å²) in [5.74, 6) is 2.46. The molecule has 0 heterocycles. The van der Waals surface area contributed by atoms with E-state index in [0.717, 1.165) is 0 Å². The molecule has 0 saturated carbocycles. The van der Waals surface area contributed by atoms with Gasteiger partial charge in [-0.15, -0.1) is 0 Å². The topological polar surface area (TPSA) is 13.0 Å². The molecule has 7 rings (SSSR count). The predicted molar refractivity (Wildman–Crippen MR) is 226 cm³/mol. The third kappa shape index (κ3) is 6.97. The molecule has 0 radical (unpaired) electrons. The van der Waals surface area contributed by atoms with E-state index in [1.54, 1.807) is 0 Å². The third-order valence-electron chi connectivity index (χ3n) is 10.1. The van der Waals surface area contributed by atoms with Crippen molar-refractivity contribution < 1.29 is 0 Å². The molecular formula is C48H48N4+2. The average molecular weight is 681 g/mol. The molecule has 0 spiro atoms. The number of benzene rings is 7. The number of anilines is 4. The van der Waals surface area contributed by atoms with Crippen LogP contribution in [0.4, 0.5) is 22.7 Å². The molecule has 4 heteroatoms. The van der Waals surface area contributed by atoms with E-state index < -0.39 is 0 Å². The van der Waals surface area contributed by atoms with E-state index in [2.05, 4.69) is 222 Å². The summed E-state index contributed by atoms with van der Waals surface area (Å²) in [6.07, 6.45) is 0. The van der Waals surface area contributed by atoms with Crippen molar-refractivity contribution in [1.82, 2.24) is 0 Å². The van der Waals surface area contributed by atoms with E-state index in [4.69, 9.17) is 0 Å². The second-order valence-corrected chi connectivity index (χ2v) is 14.5. The van der Waals surface area contributed by atoms with E-state index in [-0.39, 0.29) is 0 Å². The van der Waals surface area contributed by atoms with E-state index >= 15 is 0 Å². The highest BCUT2D eigenvalue weighted by molar-refractivity contribution is 5.99. The summed E-state index contributed by atoms with van der Waals surface area (Å²) in [5, 5.41) is 4.91. The minimum Gasteiger partial charge on any atom is -0.377 e. The van der Waals surface area contributed by atoms with Crippen molar-refractivity contribution in [2.24, 2.45) is 0 Å². The van der Waals surface area contributed by atoms with Gasteiger partial charge in [0.1, 0.15) is 0 Å². The minimum atomic E-state index is 1.19. The Morgan fingerprint density at radius 1 is 0.250 bits per heavy atom. The zero-order valence-electron chi connectivity index (χ0n) is 31.6. The summed E-state index contributed by atoms with van der Waals surface area (Å²) >= 11 is 0. The van der Waals surface area contributed by atoms with Crippen LogP contribution in [0, 0.1) is 11.8 Å². The van der Waals surface area contributed by atoms with Crippen LogP contribution < -0.4 is 19.6 Å². The van der Waals surface area contributed by atoms with Crippen LogP contribution >= 0.6 is 0 Å². The van der Waals surface area contributed by atoms with Gasteiger partial charge in [0.05, 0.1) is 45.2 Å². The quantitative estimate of drug-likeness (QED) is 0.0810. The molecule has 0 aromatic heterocycles. The van der Waals surface area contributed by atoms with Crippen LogP contribution in [-0.2, 0) is 0 Å². The van der Waals surface area contributed by atoms with Crippen molar-refractivity contribution in [3.8, 4) is 0 Å². The van der Waals surface area contributed by atoms with Gasteiger partial charge in [-0.05, 0) is 156 Å². The SMILES string of the molecule is CN(C)c1ccc([C+](c2ccc(N(C)C)cc2)c2ccc3cc4cc([C+](c5ccc(N(C)C)cc5)c5ccc(N(C)C)cc5)ccc4cc3c2)cc1. The van der Waals surface area contributed by atoms with Gasteiger partial charge in [-0.3, -0.25) is 0 Å². The van der Waals surface area contributed by atoms with Gasteiger partial charge in [0.25, 0.3) is 0 Å². The minimum absolute atomic E-state index is 1.19. The zero-order valence-corrected chi connectivity index (χ0v) is 31.6. The highest BCUT2D eigenvalue weighted by atomic mass is 15.1. The van der Waals surface area contributed by atoms with Gasteiger partial charge in [0.2, 0.25) is 0 Å². The molecule has 0 fully saturated rings. The largest absolute Gasteiger partial charge is 0.377 e. The van der Waals surface area contributed by atoms with Gasteiger partial charge >= 0.3 is 0 Å². The van der Waals surface area contributed by atoms with Crippen LogP contribution in [0.2, 0.25) is 0 Å². The zero-order chi connectivity index (χ0) is 36.5. The lowest BCUT2D eigenvalue weighted by Crippen LogP contribution is -2.10. The molecule has 0 unspecified atom stereocenters. The summed E-state index contributed by atoms with van der Waals surface area (Å²) in [4.78, 5) is 8.57. The first kappa shape index (κ1) is 34.4. The fourth-order valence-corrected chi connectivity index (χ4v) is 7.01. The predicted octanol–water partition coefficient (Wildman–Crippen LogP) is 10.3. The van der Waals surface area contributed by atoms with Crippen molar-refractivity contribution in [2.45, 2.75) is 0 Å². The molecule has 0 N–H and O–H groups in total. The van der Waals surface area contributed by atoms with Gasteiger partial charge in [0.15, 0.2) is 0 Å². The standard InChI is InChI=1S/C48H48N4/c1-49(2)43-21-13-33(14-22-43)47(34-15-23-44(24-16-34)50(3)4)39-11-9-37-30-42-32-40(12-10-38(42)29-41(37)31-39)48(35-17-25-45(26-18-35)51(5)6)36-19-27-46(28-20-36)52(7)8/h9-32H,1-8H3/q+2. The monoisotopic (exact) mass is 680 g/mol. The van der Waals surface area contributed by atoms with E-state index in [9.17, 15) is 0 Å². The first-order valence-corrected chi connectivity index (χ1v) is 17.9. The molecule has 7 aromatic carbocycles. The van der Waals surface area contributed by atoms with Gasteiger partial charge in [-0.25, -0.2) is 0 Å². The summed E-state index contributed by atoms with van der Waals surface area (Å²) < 4.78 is 0. The van der Waals surface area contributed by atoms with Gasteiger partial charge in [-0.2, -0.15) is 0 Å². The molecule has 0 atom stereocenters. The molecule has 52 heavy (non-hydrogen) atoms. The van der Waals surface area contributed by atoms with Gasteiger partial charge in [-0.1, -0.05) is 0 Å². The molecule has 7 aromatic rings. The maximum absolute atomic E-state index is 2.36. The Morgan fingerprint density at radius 3 is 0.712 bits per heavy atom. The second-order valence-electron chi connectivity index (χ2n) is 14.5. The summed E-state index contributed by atoms with van der Waals surface area (Å²) in [7, 11) is 16.7. The van der Waals surface area contributed by atoms with E-state index in [1.807, 2.05) is 0 Å². The Balaban J connectivity index is 1.30. The van der Waals surface area contributed by atoms with Crippen LogP contribution in [-0.4, -0.2) is 56.4 Å². The fourth-order valence-electron chi connectivity index (χ4n) is 7.01. The van der Waals surface area contributed by atoms with Crippen molar-refractivity contribution in [1.29, 1.82) is 0 Å². The van der Waals surface area contributed by atoms with Gasteiger partial charge in [0, 0.05) is 89.9 Å². The molecule has 0 bridgehead atoms. The van der Waals surface area contributed by atoms with Gasteiger partial charge < -0.3 is 19.6 Å². The van der Waals surface area contributed by atoms with Crippen LogP contribution in [0.3, 0.4) is 0 Å². The highest BCUT2D eigenvalue weighted by Gasteiger charge is 2.26. The Kier molecular flexibility index (Phi) is 9.49. The van der Waals surface area contributed by atoms with Crippen molar-refractivity contribution in [3.05, 3.63) is 191 Å². The van der Waals surface area contributed by atoms with Crippen molar-refractivity contribution in [2.75, 3.05) is 76.0 Å². The Bertz CT molecular complexity index is 2010. The summed E-state index contributed by atoms with van der Waals surface area (Å²) in [6.45, 7) is 0. The Hall–Kier alpha value is -6.00. The van der Waals surface area contributed by atoms with Crippen LogP contribution in [0.15, 0.2) is 146 Å². The molecule has 4 nitrogen and oxygen atoms in total. The average Bonchev–Trinajstić information content (AvgIpc) is 3.15. The van der Waals surface area contributed by atoms with Crippen LogP contribution in [0.1, 0.15) is 33.4 Å². The molecule has 258 valence electrons. The maximum Gasteiger partial charge on any atom is 0.0632 e. The van der Waals surface area contributed by atoms with Crippen LogP contribution in [0.25, 0.3) is 21.5 Å². The molecule has 0 amide bonds. The normalized spacial score (nSPS) is 11.1. The number of hydrogen-bond acceptors (Lipinski definition) is 4. The number of nitrogens with zero attached hydrogens (tertiary/aromatic N) is 4. The Labute approximate surface area is 310 Å². The lowest BCUT2D eigenvalue weighted by molar-refractivity contribution is 1.12. The second kappa shape index (κ2) is 14.3. The van der Waals surface area contributed by atoms with Crippen molar-refractivity contribution >= 4 is 44.3 Å². The number of hydrogen-bond donors (Lipinski definition) is 0. The maximum atomic E-state index is 2.36. The molecule has 0 aliphatic rings. The number of rotatable bonds is 10. The smallest absolute Gasteiger partial charge is 0.0632 e. The third-order valence-corrected chi connectivity index (χ3v) is 10.1. The lowest BCUT2D eigenvalue weighted by atomic mass is 9.83. The number of fused-ring (bicyclic) bond motifs is 2. The molecule has 0 aliphatic carbocycles. The highest BCUT2D eigenvalue weighted by Crippen LogP contribution is 2.38. The van der Waals surface area contributed by atoms with Crippen LogP contribution in [0.5, 0.6) is 0 Å². The fraction of sp³-hybridized carbons (Fsp3) is 0.167. The van der Waals surface area contributed by atoms with E-state index in [0.29, 0.717) is 0 Å². The summed E-state index contributed by atoms with van der Waals surface area (Å²) in [6, 6.07) is 54.1. The summed E-state index contributed by atoms with van der Waals surface area (Å²) in [5.41, 5.74) is 12.0. The Morgan fingerprint density at radius 2 is 0.481 bits per heavy atom. The van der Waals surface area contributed by atoms with Crippen molar-refractivity contribution in [3.63, 3.8) is 0 Å². The molecule has 0 saturated heterocycles. The first-order chi connectivity index (χ1) is 25.0. The van der Waals surface area contributed by atoms with E-state index in [1.165, 1.54) is 89.5 Å². The first-order valence-electron chi connectivity index (χ1n) is 17.9. The lowest BCUT2D eigenvalue weighted by Gasteiger charge is -2.18. The molecular weight excluding hydrogens is 633 g/mol. The molecule has 0 aliphatic heterocycles.